The van der Waals surface area contributed by atoms with E-state index in [0.29, 0.717) is 30.5 Å². The number of hydrogen-bond donors (Lipinski definition) is 2. The number of aromatic nitrogens is 3. The average molecular weight is 259 g/mol. The Labute approximate surface area is 112 Å². The van der Waals surface area contributed by atoms with E-state index in [2.05, 4.69) is 20.3 Å². The minimum atomic E-state index is 0.415. The zero-order chi connectivity index (χ0) is 13.5. The number of hydrogen-bond acceptors (Lipinski definition) is 6. The lowest BCUT2D eigenvalue weighted by Crippen LogP contribution is -2.11. The van der Waals surface area contributed by atoms with E-state index in [1.54, 1.807) is 6.20 Å². The highest BCUT2D eigenvalue weighted by Gasteiger charge is 2.08. The van der Waals surface area contributed by atoms with Gasteiger partial charge in [0.25, 0.3) is 0 Å². The first-order chi connectivity index (χ1) is 9.31. The van der Waals surface area contributed by atoms with Gasteiger partial charge < -0.3 is 15.8 Å². The Morgan fingerprint density at radius 3 is 2.89 bits per heavy atom. The van der Waals surface area contributed by atoms with Gasteiger partial charge in [-0.3, -0.25) is 4.98 Å². The molecule has 0 unspecified atom stereocenters. The molecule has 2 heterocycles. The molecule has 0 aliphatic heterocycles. The van der Waals surface area contributed by atoms with Crippen LogP contribution in [0.1, 0.15) is 12.6 Å². The number of nitrogens with zero attached hydrogens (tertiary/aromatic N) is 3. The van der Waals surface area contributed by atoms with Crippen molar-refractivity contribution in [2.45, 2.75) is 13.3 Å². The van der Waals surface area contributed by atoms with Crippen LogP contribution in [0.4, 0.5) is 11.5 Å². The molecule has 0 spiro atoms. The lowest BCUT2D eigenvalue weighted by Gasteiger charge is -2.10. The molecule has 0 bridgehead atoms. The van der Waals surface area contributed by atoms with Crippen LogP contribution in [0.3, 0.4) is 0 Å². The summed E-state index contributed by atoms with van der Waals surface area (Å²) < 4.78 is 5.31. The van der Waals surface area contributed by atoms with Gasteiger partial charge in [0.2, 0.25) is 5.88 Å². The molecule has 0 saturated heterocycles. The zero-order valence-corrected chi connectivity index (χ0v) is 10.8. The van der Waals surface area contributed by atoms with E-state index in [4.69, 9.17) is 10.5 Å². The molecular weight excluding hydrogens is 242 g/mol. The summed E-state index contributed by atoms with van der Waals surface area (Å²) in [7, 11) is 0. The first-order valence-electron chi connectivity index (χ1n) is 6.18. The summed E-state index contributed by atoms with van der Waals surface area (Å²) in [6, 6.07) is 5.85. The second-order valence-corrected chi connectivity index (χ2v) is 3.87. The summed E-state index contributed by atoms with van der Waals surface area (Å²) >= 11 is 0. The summed E-state index contributed by atoms with van der Waals surface area (Å²) in [5.41, 5.74) is 7.38. The van der Waals surface area contributed by atoms with Gasteiger partial charge in [0, 0.05) is 24.9 Å². The standard InChI is InChI=1S/C13H17N5O/c1-2-19-13-11(14)12(17-9-18-13)16-8-6-10-5-3-4-7-15-10/h3-5,7,9H,2,6,8,14H2,1H3,(H,16,17,18). The normalized spacial score (nSPS) is 10.2. The minimum absolute atomic E-state index is 0.415. The molecule has 0 amide bonds. The van der Waals surface area contributed by atoms with E-state index in [0.717, 1.165) is 12.1 Å². The van der Waals surface area contributed by atoms with E-state index in [9.17, 15) is 0 Å². The van der Waals surface area contributed by atoms with Crippen molar-refractivity contribution in [1.82, 2.24) is 15.0 Å². The number of pyridine rings is 1. The number of nitrogen functional groups attached to an aromatic ring is 1. The van der Waals surface area contributed by atoms with Crippen molar-refractivity contribution < 1.29 is 4.74 Å². The smallest absolute Gasteiger partial charge is 0.242 e. The zero-order valence-electron chi connectivity index (χ0n) is 10.8. The van der Waals surface area contributed by atoms with Crippen LogP contribution in [0.15, 0.2) is 30.7 Å². The van der Waals surface area contributed by atoms with Crippen LogP contribution in [-0.2, 0) is 6.42 Å². The average Bonchev–Trinajstić information content (AvgIpc) is 2.44. The molecule has 6 heteroatoms. The monoisotopic (exact) mass is 259 g/mol. The Balaban J connectivity index is 1.94. The van der Waals surface area contributed by atoms with Gasteiger partial charge >= 0.3 is 0 Å². The van der Waals surface area contributed by atoms with Crippen LogP contribution >= 0.6 is 0 Å². The van der Waals surface area contributed by atoms with Gasteiger partial charge in [0.15, 0.2) is 5.82 Å². The molecular formula is C13H17N5O. The SMILES string of the molecule is CCOc1ncnc(NCCc2ccccn2)c1N. The number of anilines is 2. The highest BCUT2D eigenvalue weighted by Crippen LogP contribution is 2.24. The van der Waals surface area contributed by atoms with Gasteiger partial charge in [-0.2, -0.15) is 4.98 Å². The molecule has 2 aromatic rings. The Bertz CT molecular complexity index is 518. The molecule has 0 aliphatic rings. The summed E-state index contributed by atoms with van der Waals surface area (Å²) in [5, 5.41) is 3.16. The highest BCUT2D eigenvalue weighted by atomic mass is 16.5. The van der Waals surface area contributed by atoms with Gasteiger partial charge in [0.1, 0.15) is 12.0 Å². The van der Waals surface area contributed by atoms with Crippen LogP contribution in [0, 0.1) is 0 Å². The van der Waals surface area contributed by atoms with E-state index in [1.807, 2.05) is 25.1 Å². The largest absolute Gasteiger partial charge is 0.476 e. The van der Waals surface area contributed by atoms with Crippen LogP contribution in [0.2, 0.25) is 0 Å². The molecule has 0 aromatic carbocycles. The Kier molecular flexibility index (Phi) is 4.49. The number of nitrogens with one attached hydrogen (secondary N) is 1. The lowest BCUT2D eigenvalue weighted by molar-refractivity contribution is 0.328. The Hall–Kier alpha value is -2.37. The van der Waals surface area contributed by atoms with Gasteiger partial charge in [-0.05, 0) is 19.1 Å². The maximum Gasteiger partial charge on any atom is 0.242 e. The van der Waals surface area contributed by atoms with E-state index < -0.39 is 0 Å². The quantitative estimate of drug-likeness (QED) is 0.817. The van der Waals surface area contributed by atoms with Crippen molar-refractivity contribution in [3.63, 3.8) is 0 Å². The molecule has 2 aromatic heterocycles. The third kappa shape index (κ3) is 3.54. The van der Waals surface area contributed by atoms with E-state index in [-0.39, 0.29) is 0 Å². The fraction of sp³-hybridized carbons (Fsp3) is 0.308. The van der Waals surface area contributed by atoms with Crippen molar-refractivity contribution in [3.8, 4) is 5.88 Å². The van der Waals surface area contributed by atoms with Crippen molar-refractivity contribution in [3.05, 3.63) is 36.4 Å². The topological polar surface area (TPSA) is 86.0 Å². The molecule has 100 valence electrons. The molecule has 0 saturated carbocycles. The molecule has 19 heavy (non-hydrogen) atoms. The summed E-state index contributed by atoms with van der Waals surface area (Å²) in [6.45, 7) is 3.11. The highest BCUT2D eigenvalue weighted by molar-refractivity contribution is 5.66. The molecule has 0 radical (unpaired) electrons. The molecule has 0 atom stereocenters. The van der Waals surface area contributed by atoms with E-state index in [1.165, 1.54) is 6.33 Å². The van der Waals surface area contributed by atoms with Crippen molar-refractivity contribution in [2.24, 2.45) is 0 Å². The van der Waals surface area contributed by atoms with Crippen LogP contribution < -0.4 is 15.8 Å². The maximum absolute atomic E-state index is 5.92. The number of nitrogens with two attached hydrogens (primary N) is 1. The number of rotatable bonds is 6. The van der Waals surface area contributed by atoms with E-state index >= 15 is 0 Å². The molecule has 6 nitrogen and oxygen atoms in total. The first-order valence-corrected chi connectivity index (χ1v) is 6.18. The third-order valence-electron chi connectivity index (χ3n) is 2.53. The Morgan fingerprint density at radius 2 is 2.16 bits per heavy atom. The van der Waals surface area contributed by atoms with Gasteiger partial charge in [0.05, 0.1) is 6.61 Å². The second kappa shape index (κ2) is 6.53. The molecule has 0 fully saturated rings. The van der Waals surface area contributed by atoms with Gasteiger partial charge in [-0.25, -0.2) is 4.98 Å². The van der Waals surface area contributed by atoms with Crippen molar-refractivity contribution >= 4 is 11.5 Å². The summed E-state index contributed by atoms with van der Waals surface area (Å²) in [6.07, 6.45) is 4.01. The lowest BCUT2D eigenvalue weighted by atomic mass is 10.3. The molecule has 2 rings (SSSR count). The predicted molar refractivity (Wildman–Crippen MR) is 74.0 cm³/mol. The van der Waals surface area contributed by atoms with Crippen molar-refractivity contribution in [1.29, 1.82) is 0 Å². The fourth-order valence-electron chi connectivity index (χ4n) is 1.63. The Morgan fingerprint density at radius 1 is 1.26 bits per heavy atom. The summed E-state index contributed by atoms with van der Waals surface area (Å²) in [4.78, 5) is 12.3. The van der Waals surface area contributed by atoms with Crippen LogP contribution in [-0.4, -0.2) is 28.1 Å². The van der Waals surface area contributed by atoms with Crippen LogP contribution in [0.5, 0.6) is 5.88 Å². The van der Waals surface area contributed by atoms with Crippen LogP contribution in [0.25, 0.3) is 0 Å². The van der Waals surface area contributed by atoms with Crippen molar-refractivity contribution in [2.75, 3.05) is 24.2 Å². The van der Waals surface area contributed by atoms with Gasteiger partial charge in [-0.15, -0.1) is 0 Å². The fourth-order valence-corrected chi connectivity index (χ4v) is 1.63. The summed E-state index contributed by atoms with van der Waals surface area (Å²) in [5.74, 6) is 1.01. The second-order valence-electron chi connectivity index (χ2n) is 3.87. The molecule has 0 aliphatic carbocycles. The first kappa shape index (κ1) is 13.1. The predicted octanol–water partition coefficient (Wildman–Crippen LogP) is 1.51. The maximum atomic E-state index is 5.92. The minimum Gasteiger partial charge on any atom is -0.476 e. The number of ether oxygens (including phenoxy) is 1. The third-order valence-corrected chi connectivity index (χ3v) is 2.53. The molecule has 3 N–H and O–H groups in total. The van der Waals surface area contributed by atoms with Gasteiger partial charge in [-0.1, -0.05) is 6.07 Å².